The molecule has 1 unspecified atom stereocenters. The number of amides is 1. The number of rotatable bonds is 6. The predicted molar refractivity (Wildman–Crippen MR) is 91.6 cm³/mol. The van der Waals surface area contributed by atoms with E-state index >= 15 is 0 Å². The van der Waals surface area contributed by atoms with Crippen LogP contribution in [-0.4, -0.2) is 42.1 Å². The maximum atomic E-state index is 12.4. The van der Waals surface area contributed by atoms with Crippen molar-refractivity contribution in [2.24, 2.45) is 7.05 Å². The lowest BCUT2D eigenvalue weighted by Crippen LogP contribution is -2.43. The summed E-state index contributed by atoms with van der Waals surface area (Å²) >= 11 is 0. The molecule has 2 rings (SSSR count). The Morgan fingerprint density at radius 3 is 2.48 bits per heavy atom. The second-order valence-corrected chi connectivity index (χ2v) is 5.99. The van der Waals surface area contributed by atoms with Crippen LogP contribution < -0.4 is 10.9 Å². The Balaban J connectivity index is 2.11. The van der Waals surface area contributed by atoms with Gasteiger partial charge >= 0.3 is 0 Å². The van der Waals surface area contributed by atoms with Crippen molar-refractivity contribution in [1.82, 2.24) is 14.8 Å². The molecule has 0 aliphatic heterocycles. The lowest BCUT2D eigenvalue weighted by molar-refractivity contribution is 0.0929. The fourth-order valence-corrected chi connectivity index (χ4v) is 2.50. The van der Waals surface area contributed by atoms with E-state index in [1.165, 1.54) is 16.2 Å². The number of nitrogens with one attached hydrogen (secondary N) is 1. The van der Waals surface area contributed by atoms with Crippen molar-refractivity contribution in [2.75, 3.05) is 20.6 Å². The highest BCUT2D eigenvalue weighted by molar-refractivity contribution is 5.94. The van der Waals surface area contributed by atoms with Gasteiger partial charge in [0.1, 0.15) is 0 Å². The molecule has 2 aromatic rings. The highest BCUT2D eigenvalue weighted by Gasteiger charge is 2.15. The minimum atomic E-state index is -0.164. The summed E-state index contributed by atoms with van der Waals surface area (Å²) in [6, 6.07) is 13.1. The number of carbonyl (C=O) groups is 1. The van der Waals surface area contributed by atoms with Crippen LogP contribution >= 0.6 is 0 Å². The fourth-order valence-electron chi connectivity index (χ4n) is 2.50. The summed E-state index contributed by atoms with van der Waals surface area (Å²) < 4.78 is 1.41. The summed E-state index contributed by atoms with van der Waals surface area (Å²) in [6.07, 6.45) is 2.32. The van der Waals surface area contributed by atoms with Crippen molar-refractivity contribution >= 4 is 5.91 Å². The molecule has 0 aliphatic carbocycles. The lowest BCUT2D eigenvalue weighted by atomic mass is 10.1. The minimum absolute atomic E-state index is 0.00265. The Morgan fingerprint density at radius 2 is 1.87 bits per heavy atom. The molecule has 23 heavy (non-hydrogen) atoms. The van der Waals surface area contributed by atoms with Crippen LogP contribution in [0.3, 0.4) is 0 Å². The molecule has 5 nitrogen and oxygen atoms in total. The third-order valence-electron chi connectivity index (χ3n) is 3.59. The quantitative estimate of drug-likeness (QED) is 0.874. The Hall–Kier alpha value is -2.40. The third kappa shape index (κ3) is 5.07. The predicted octanol–water partition coefficient (Wildman–Crippen LogP) is 1.29. The molecule has 1 N–H and O–H groups in total. The molecule has 5 heteroatoms. The van der Waals surface area contributed by atoms with Crippen LogP contribution in [0, 0.1) is 0 Å². The first-order chi connectivity index (χ1) is 11.0. The van der Waals surface area contributed by atoms with Gasteiger partial charge in [0.25, 0.3) is 5.91 Å². The highest BCUT2D eigenvalue weighted by atomic mass is 16.2. The summed E-state index contributed by atoms with van der Waals surface area (Å²) in [5.74, 6) is -0.164. The molecule has 0 saturated heterocycles. The molecule has 0 spiro atoms. The molecule has 1 heterocycles. The zero-order valence-electron chi connectivity index (χ0n) is 13.8. The Bertz CT molecular complexity index is 708. The van der Waals surface area contributed by atoms with Crippen LogP contribution in [0.1, 0.15) is 15.9 Å². The number of nitrogens with zero attached hydrogens (tertiary/aromatic N) is 2. The first kappa shape index (κ1) is 17.0. The van der Waals surface area contributed by atoms with Gasteiger partial charge in [-0.05, 0) is 32.1 Å². The zero-order chi connectivity index (χ0) is 16.8. The highest BCUT2D eigenvalue weighted by Crippen LogP contribution is 2.05. The van der Waals surface area contributed by atoms with Gasteiger partial charge in [0.15, 0.2) is 0 Å². The van der Waals surface area contributed by atoms with Crippen molar-refractivity contribution in [3.63, 3.8) is 0 Å². The maximum absolute atomic E-state index is 12.4. The SMILES string of the molecule is CN(C)CC(Cc1ccccc1)NC(=O)c1ccc(=O)n(C)c1. The molecule has 1 aromatic heterocycles. The molecule has 0 aliphatic rings. The fraction of sp³-hybridized carbons (Fsp3) is 0.333. The average Bonchev–Trinajstić information content (AvgIpc) is 2.50. The minimum Gasteiger partial charge on any atom is -0.348 e. The smallest absolute Gasteiger partial charge is 0.253 e. The monoisotopic (exact) mass is 313 g/mol. The van der Waals surface area contributed by atoms with E-state index in [0.717, 1.165) is 13.0 Å². The average molecular weight is 313 g/mol. The largest absolute Gasteiger partial charge is 0.348 e. The van der Waals surface area contributed by atoms with Gasteiger partial charge in [-0.15, -0.1) is 0 Å². The number of benzene rings is 1. The number of aryl methyl sites for hydroxylation is 1. The van der Waals surface area contributed by atoms with Crippen LogP contribution in [0.5, 0.6) is 0 Å². The van der Waals surface area contributed by atoms with Gasteiger partial charge in [-0.3, -0.25) is 9.59 Å². The van der Waals surface area contributed by atoms with Gasteiger partial charge in [0.05, 0.1) is 5.56 Å². The van der Waals surface area contributed by atoms with Gasteiger partial charge in [0, 0.05) is 31.9 Å². The summed E-state index contributed by atoms with van der Waals surface area (Å²) in [6.45, 7) is 0.742. The van der Waals surface area contributed by atoms with Crippen LogP contribution in [0.2, 0.25) is 0 Å². The van der Waals surface area contributed by atoms with Crippen LogP contribution in [-0.2, 0) is 13.5 Å². The first-order valence-electron chi connectivity index (χ1n) is 7.62. The normalized spacial score (nSPS) is 12.2. The molecular formula is C18H23N3O2. The van der Waals surface area contributed by atoms with E-state index in [0.29, 0.717) is 5.56 Å². The number of pyridine rings is 1. The van der Waals surface area contributed by atoms with E-state index in [1.54, 1.807) is 19.3 Å². The molecule has 0 saturated carbocycles. The van der Waals surface area contributed by atoms with E-state index < -0.39 is 0 Å². The van der Waals surface area contributed by atoms with Gasteiger partial charge in [-0.25, -0.2) is 0 Å². The molecule has 1 aromatic carbocycles. The number of likely N-dealkylation sites (N-methyl/N-ethyl adjacent to an activating group) is 1. The van der Waals surface area contributed by atoms with Crippen molar-refractivity contribution in [3.8, 4) is 0 Å². The second kappa shape index (κ2) is 7.74. The molecule has 1 amide bonds. The van der Waals surface area contributed by atoms with Crippen molar-refractivity contribution < 1.29 is 4.79 Å². The topological polar surface area (TPSA) is 54.3 Å². The number of aromatic nitrogens is 1. The maximum Gasteiger partial charge on any atom is 0.253 e. The first-order valence-corrected chi connectivity index (χ1v) is 7.62. The zero-order valence-corrected chi connectivity index (χ0v) is 13.8. The number of hydrogen-bond donors (Lipinski definition) is 1. The Kier molecular flexibility index (Phi) is 5.71. The molecule has 122 valence electrons. The van der Waals surface area contributed by atoms with E-state index in [9.17, 15) is 9.59 Å². The Labute approximate surface area is 136 Å². The van der Waals surface area contributed by atoms with Crippen molar-refractivity contribution in [3.05, 3.63) is 70.1 Å². The van der Waals surface area contributed by atoms with E-state index in [2.05, 4.69) is 22.3 Å². The third-order valence-corrected chi connectivity index (χ3v) is 3.59. The number of hydrogen-bond acceptors (Lipinski definition) is 3. The van der Waals surface area contributed by atoms with Crippen molar-refractivity contribution in [1.29, 1.82) is 0 Å². The second-order valence-electron chi connectivity index (χ2n) is 5.99. The van der Waals surface area contributed by atoms with Gasteiger partial charge in [-0.2, -0.15) is 0 Å². The molecule has 0 radical (unpaired) electrons. The molecule has 1 atom stereocenters. The lowest BCUT2D eigenvalue weighted by Gasteiger charge is -2.22. The summed E-state index contributed by atoms with van der Waals surface area (Å²) in [4.78, 5) is 25.9. The van der Waals surface area contributed by atoms with Gasteiger partial charge in [-0.1, -0.05) is 30.3 Å². The van der Waals surface area contributed by atoms with Crippen LogP contribution in [0.4, 0.5) is 0 Å². The summed E-state index contributed by atoms with van der Waals surface area (Å²) in [7, 11) is 5.60. The Morgan fingerprint density at radius 1 is 1.17 bits per heavy atom. The van der Waals surface area contributed by atoms with Gasteiger partial charge in [0.2, 0.25) is 5.56 Å². The van der Waals surface area contributed by atoms with Crippen LogP contribution in [0.25, 0.3) is 0 Å². The molecule has 0 fully saturated rings. The molecular weight excluding hydrogens is 290 g/mol. The van der Waals surface area contributed by atoms with Crippen molar-refractivity contribution in [2.45, 2.75) is 12.5 Å². The van der Waals surface area contributed by atoms with Gasteiger partial charge < -0.3 is 14.8 Å². The standard InChI is InChI=1S/C18H23N3O2/c1-20(2)13-16(11-14-7-5-4-6-8-14)19-18(23)15-9-10-17(22)21(3)12-15/h4-10,12,16H,11,13H2,1-3H3,(H,19,23). The molecule has 0 bridgehead atoms. The number of carbonyl (C=O) groups excluding carboxylic acids is 1. The summed E-state index contributed by atoms with van der Waals surface area (Å²) in [5.41, 5.74) is 1.54. The van der Waals surface area contributed by atoms with E-state index in [-0.39, 0.29) is 17.5 Å². The summed E-state index contributed by atoms with van der Waals surface area (Å²) in [5, 5.41) is 3.06. The van der Waals surface area contributed by atoms with E-state index in [4.69, 9.17) is 0 Å². The van der Waals surface area contributed by atoms with Crippen LogP contribution in [0.15, 0.2) is 53.5 Å². The van der Waals surface area contributed by atoms with E-state index in [1.807, 2.05) is 32.3 Å².